The molecule has 2 aliphatic rings. The number of nitrogens with zero attached hydrogens (tertiary/aromatic N) is 3. The summed E-state index contributed by atoms with van der Waals surface area (Å²) < 4.78 is 0. The summed E-state index contributed by atoms with van der Waals surface area (Å²) in [7, 11) is 0. The first kappa shape index (κ1) is 22.1. The Kier molecular flexibility index (Phi) is 7.30. The Morgan fingerprint density at radius 2 is 2.33 bits per heavy atom. The molecule has 2 aliphatic heterocycles. The van der Waals surface area contributed by atoms with Crippen LogP contribution in [0.5, 0.6) is 0 Å². The molecule has 0 saturated carbocycles. The molecule has 3 heterocycles. The number of β-lactam (4-membered cyclic amide) rings is 1. The van der Waals surface area contributed by atoms with E-state index in [9.17, 15) is 19.8 Å². The van der Waals surface area contributed by atoms with E-state index in [-0.39, 0.29) is 59.5 Å². The normalized spacial score (nSPS) is 25.0. The molecule has 7 nitrogen and oxygen atoms in total. The van der Waals surface area contributed by atoms with Gasteiger partial charge in [-0.05, 0) is 18.4 Å². The van der Waals surface area contributed by atoms with Crippen LogP contribution in [0.15, 0.2) is 21.5 Å². The number of thiazole rings is 1. The third-order valence-electron chi connectivity index (χ3n) is 4.64. The van der Waals surface area contributed by atoms with Crippen molar-refractivity contribution in [3.05, 3.63) is 32.1 Å². The number of carboxylic acids is 1. The zero-order chi connectivity index (χ0) is 19.0. The minimum absolute atomic E-state index is 0. The maximum atomic E-state index is 12.2. The van der Waals surface area contributed by atoms with Crippen LogP contribution in [0.1, 0.15) is 24.4 Å². The first-order chi connectivity index (χ1) is 12.4. The van der Waals surface area contributed by atoms with Gasteiger partial charge >= 0.3 is 29.6 Å². The number of aromatic nitrogens is 1. The number of amides is 1. The number of carboxylic acid groups (broad SMARTS) is 1. The number of nitriles is 1. The second-order valence-electron chi connectivity index (χ2n) is 6.17. The van der Waals surface area contributed by atoms with Gasteiger partial charge in [0.05, 0.1) is 58.3 Å². The van der Waals surface area contributed by atoms with Crippen molar-refractivity contribution >= 4 is 41.1 Å². The van der Waals surface area contributed by atoms with Crippen molar-refractivity contribution in [3.63, 3.8) is 0 Å². The third kappa shape index (κ3) is 3.88. The molecule has 4 atom stereocenters. The Balaban J connectivity index is 0.00000261. The average molecular weight is 413 g/mol. The Bertz CT molecular complexity index is 859. The molecule has 0 aromatic carbocycles. The van der Waals surface area contributed by atoms with Crippen LogP contribution in [-0.4, -0.2) is 39.0 Å². The molecule has 136 valence electrons. The Hall–Kier alpha value is -1.15. The number of aliphatic carboxylic acids is 1. The molecule has 0 spiro atoms. The third-order valence-corrected chi connectivity index (χ3v) is 6.56. The summed E-state index contributed by atoms with van der Waals surface area (Å²) >= 11 is 2.61. The predicted octanol–water partition coefficient (Wildman–Crippen LogP) is -2.26. The van der Waals surface area contributed by atoms with Gasteiger partial charge in [-0.15, -0.1) is 11.3 Å². The standard InChI is InChI=1S/C17H17N3O4S2.Na/c1-8-13-12(9(2)21)16(22)20(13)14(17(23)24)15(8)25-6-4-11-10(3-5-18)19-7-26-11;/h4,6-9,12-13,21H,3H2,1-2H3,(H,23,24);/q;+1/p-1/b6-4-;/t8-,9-,12-,13-;/m1./s1. The van der Waals surface area contributed by atoms with Crippen molar-refractivity contribution < 1.29 is 49.4 Å². The molecular weight excluding hydrogens is 397 g/mol. The number of carbonyl (C=O) groups excluding carboxylic acids is 2. The van der Waals surface area contributed by atoms with E-state index < -0.39 is 18.0 Å². The van der Waals surface area contributed by atoms with E-state index in [0.29, 0.717) is 10.6 Å². The second-order valence-corrected chi connectivity index (χ2v) is 8.01. The van der Waals surface area contributed by atoms with Crippen LogP contribution >= 0.6 is 23.1 Å². The van der Waals surface area contributed by atoms with Gasteiger partial charge in [-0.25, -0.2) is 4.98 Å². The van der Waals surface area contributed by atoms with Crippen LogP contribution in [0.25, 0.3) is 6.08 Å². The van der Waals surface area contributed by atoms with Crippen molar-refractivity contribution in [2.24, 2.45) is 11.8 Å². The maximum absolute atomic E-state index is 12.2. The molecule has 1 amide bonds. The van der Waals surface area contributed by atoms with Crippen LogP contribution in [0.2, 0.25) is 0 Å². The molecule has 0 unspecified atom stereocenters. The molecule has 10 heteroatoms. The zero-order valence-corrected chi connectivity index (χ0v) is 18.7. The fraction of sp³-hybridized carbons (Fsp3) is 0.412. The SMILES string of the molecule is C[C@@H](O)[C@H]1C(=O)N2C(C(=O)[O-])=C(S/C=C\c3scnc3CC#N)[C@H](C)[C@H]12.[Na+]. The van der Waals surface area contributed by atoms with Gasteiger partial charge in [0.1, 0.15) is 0 Å². The van der Waals surface area contributed by atoms with E-state index in [4.69, 9.17) is 5.26 Å². The molecule has 3 rings (SSSR count). The van der Waals surface area contributed by atoms with E-state index in [1.807, 2.05) is 6.92 Å². The number of fused-ring (bicyclic) bond motifs is 1. The number of hydrogen-bond donors (Lipinski definition) is 1. The van der Waals surface area contributed by atoms with E-state index in [2.05, 4.69) is 11.1 Å². The van der Waals surface area contributed by atoms with Crippen molar-refractivity contribution in [2.75, 3.05) is 0 Å². The number of carbonyl (C=O) groups is 2. The van der Waals surface area contributed by atoms with E-state index in [1.54, 1.807) is 17.0 Å². The number of rotatable bonds is 6. The summed E-state index contributed by atoms with van der Waals surface area (Å²) in [5.74, 6) is -2.58. The van der Waals surface area contributed by atoms with Crippen LogP contribution in [0.4, 0.5) is 0 Å². The molecule has 0 radical (unpaired) electrons. The van der Waals surface area contributed by atoms with Crippen molar-refractivity contribution in [3.8, 4) is 6.07 Å². The number of hydrogen-bond acceptors (Lipinski definition) is 8. The molecule has 1 N–H and O–H groups in total. The number of aliphatic hydroxyl groups is 1. The molecule has 0 bridgehead atoms. The average Bonchev–Trinajstić information content (AvgIpc) is 3.09. The van der Waals surface area contributed by atoms with Crippen LogP contribution in [-0.2, 0) is 16.0 Å². The zero-order valence-electron chi connectivity index (χ0n) is 15.1. The molecule has 1 fully saturated rings. The van der Waals surface area contributed by atoms with Gasteiger partial charge in [-0.1, -0.05) is 18.7 Å². The minimum atomic E-state index is -1.39. The van der Waals surface area contributed by atoms with Crippen LogP contribution in [0, 0.1) is 23.2 Å². The molecule has 0 aliphatic carbocycles. The Morgan fingerprint density at radius 1 is 1.63 bits per heavy atom. The first-order valence-corrected chi connectivity index (χ1v) is 9.73. The fourth-order valence-corrected chi connectivity index (χ4v) is 5.25. The van der Waals surface area contributed by atoms with Gasteiger partial charge in [0.15, 0.2) is 0 Å². The fourth-order valence-electron chi connectivity index (χ4n) is 3.46. The quantitative estimate of drug-likeness (QED) is 0.413. The summed E-state index contributed by atoms with van der Waals surface area (Å²) in [6.07, 6.45) is 1.16. The number of thioether (sulfide) groups is 1. The van der Waals surface area contributed by atoms with Gasteiger partial charge < -0.3 is 19.9 Å². The largest absolute Gasteiger partial charge is 1.00 e. The van der Waals surface area contributed by atoms with E-state index in [1.165, 1.54) is 34.9 Å². The smallest absolute Gasteiger partial charge is 0.543 e. The molecule has 27 heavy (non-hydrogen) atoms. The topological polar surface area (TPSA) is 117 Å². The maximum Gasteiger partial charge on any atom is 1.00 e. The van der Waals surface area contributed by atoms with Crippen molar-refractivity contribution in [2.45, 2.75) is 32.4 Å². The summed E-state index contributed by atoms with van der Waals surface area (Å²) in [4.78, 5) is 30.6. The predicted molar refractivity (Wildman–Crippen MR) is 95.1 cm³/mol. The summed E-state index contributed by atoms with van der Waals surface area (Å²) in [5, 5.41) is 31.9. The number of aliphatic hydroxyl groups excluding tert-OH is 1. The molecule has 1 saturated heterocycles. The van der Waals surface area contributed by atoms with Gasteiger partial charge in [0, 0.05) is 10.8 Å². The van der Waals surface area contributed by atoms with E-state index >= 15 is 0 Å². The van der Waals surface area contributed by atoms with Gasteiger partial charge in [-0.3, -0.25) is 4.79 Å². The van der Waals surface area contributed by atoms with Crippen LogP contribution < -0.4 is 34.7 Å². The molecule has 1 aromatic heterocycles. The van der Waals surface area contributed by atoms with Crippen molar-refractivity contribution in [1.82, 2.24) is 9.88 Å². The first-order valence-electron chi connectivity index (χ1n) is 7.97. The van der Waals surface area contributed by atoms with Gasteiger partial charge in [-0.2, -0.15) is 5.26 Å². The summed E-state index contributed by atoms with van der Waals surface area (Å²) in [6.45, 7) is 3.39. The molecule has 1 aromatic rings. The second kappa shape index (κ2) is 8.90. The van der Waals surface area contributed by atoms with Gasteiger partial charge in [0.25, 0.3) is 0 Å². The summed E-state index contributed by atoms with van der Waals surface area (Å²) in [6, 6.07) is 1.69. The van der Waals surface area contributed by atoms with Gasteiger partial charge in [0.2, 0.25) is 5.91 Å². The summed E-state index contributed by atoms with van der Waals surface area (Å²) in [5.41, 5.74) is 2.22. The Morgan fingerprint density at radius 3 is 2.93 bits per heavy atom. The van der Waals surface area contributed by atoms with E-state index in [0.717, 1.165) is 4.88 Å². The Labute approximate surface area is 187 Å². The monoisotopic (exact) mass is 413 g/mol. The van der Waals surface area contributed by atoms with Crippen LogP contribution in [0.3, 0.4) is 0 Å². The minimum Gasteiger partial charge on any atom is -0.543 e. The molecular formula is C17H16N3NaO4S2. The van der Waals surface area contributed by atoms with Crippen molar-refractivity contribution in [1.29, 1.82) is 5.26 Å².